The maximum Gasteiger partial charge on any atom is 0.164 e. The Hall–Kier alpha value is -8.93. The summed E-state index contributed by atoms with van der Waals surface area (Å²) in [6.07, 6.45) is 0. The third kappa shape index (κ3) is 6.28. The number of furan rings is 1. The SMILES string of the molecule is c1ccc(-c2nc(-c3ccccc3)nc(-c3cccc(-c4cccc(-c5cccc6oc7c8ccccc8c(-c8ccc(-n9c%10ccccc%10c%10ccccc%109)cc8)cc7c56)c4)c3)n2)cc1. The molecule has 0 N–H and O–H groups in total. The molecule has 0 atom stereocenters. The van der Waals surface area contributed by atoms with Crippen LogP contribution in [0.25, 0.3) is 128 Å². The quantitative estimate of drug-likeness (QED) is 0.160. The molecule has 66 heavy (non-hydrogen) atoms. The van der Waals surface area contributed by atoms with Crippen LogP contribution in [-0.2, 0) is 0 Å². The highest BCUT2D eigenvalue weighted by atomic mass is 16.3. The van der Waals surface area contributed by atoms with Crippen LogP contribution in [0.4, 0.5) is 0 Å². The molecule has 10 aromatic carbocycles. The van der Waals surface area contributed by atoms with Crippen LogP contribution in [0.3, 0.4) is 0 Å². The molecule has 0 spiro atoms. The van der Waals surface area contributed by atoms with E-state index in [1.54, 1.807) is 0 Å². The van der Waals surface area contributed by atoms with Crippen LogP contribution in [0, 0.1) is 0 Å². The van der Waals surface area contributed by atoms with Gasteiger partial charge in [-0.1, -0.05) is 182 Å². The number of rotatable bonds is 7. The number of hydrogen-bond acceptors (Lipinski definition) is 4. The fourth-order valence-electron chi connectivity index (χ4n) is 9.76. The highest BCUT2D eigenvalue weighted by Gasteiger charge is 2.20. The Morgan fingerprint density at radius 1 is 0.303 bits per heavy atom. The molecule has 0 unspecified atom stereocenters. The van der Waals surface area contributed by atoms with Crippen LogP contribution >= 0.6 is 0 Å². The van der Waals surface area contributed by atoms with Crippen LogP contribution in [0.1, 0.15) is 0 Å². The summed E-state index contributed by atoms with van der Waals surface area (Å²) in [6.45, 7) is 0. The molecule has 0 amide bonds. The molecular formula is C61H38N4O. The van der Waals surface area contributed by atoms with Crippen molar-refractivity contribution in [2.45, 2.75) is 0 Å². The van der Waals surface area contributed by atoms with Gasteiger partial charge in [0.1, 0.15) is 11.2 Å². The van der Waals surface area contributed by atoms with Crippen molar-refractivity contribution in [2.24, 2.45) is 0 Å². The molecule has 0 radical (unpaired) electrons. The number of fused-ring (bicyclic) bond motifs is 8. The summed E-state index contributed by atoms with van der Waals surface area (Å²) < 4.78 is 9.18. The number of aromatic nitrogens is 4. The lowest BCUT2D eigenvalue weighted by Gasteiger charge is -2.12. The van der Waals surface area contributed by atoms with Crippen molar-refractivity contribution in [1.82, 2.24) is 19.5 Å². The maximum absolute atomic E-state index is 6.81. The van der Waals surface area contributed by atoms with Gasteiger partial charge in [-0.15, -0.1) is 0 Å². The van der Waals surface area contributed by atoms with Crippen LogP contribution in [0.5, 0.6) is 0 Å². The molecule has 0 bridgehead atoms. The summed E-state index contributed by atoms with van der Waals surface area (Å²) in [4.78, 5) is 14.9. The second kappa shape index (κ2) is 15.4. The van der Waals surface area contributed by atoms with Crippen LogP contribution < -0.4 is 0 Å². The zero-order valence-corrected chi connectivity index (χ0v) is 35.6. The van der Waals surface area contributed by atoms with Gasteiger partial charge < -0.3 is 8.98 Å². The van der Waals surface area contributed by atoms with E-state index in [0.717, 1.165) is 82.9 Å². The van der Waals surface area contributed by atoms with Crippen molar-refractivity contribution in [3.8, 4) is 73.2 Å². The van der Waals surface area contributed by atoms with Crippen molar-refractivity contribution in [2.75, 3.05) is 0 Å². The Labute approximate surface area is 380 Å². The molecule has 0 fully saturated rings. The zero-order valence-electron chi connectivity index (χ0n) is 35.6. The van der Waals surface area contributed by atoms with Gasteiger partial charge in [-0.25, -0.2) is 15.0 Å². The molecule has 0 saturated heterocycles. The standard InChI is InChI=1S/C61H38N4O/c1-3-16-40(17-4-1)59-62-60(41-18-5-2-6-19-41)64-61(63-59)45-23-14-21-43(37-45)42-20-13-22-44(36-42)47-28-15-31-56-57(47)53-38-52(48-24-7-8-27-51(48)58(53)66-56)39-32-34-46(35-33-39)65-54-29-11-9-25-49(54)50-26-10-12-30-55(50)65/h1-38H. The highest BCUT2D eigenvalue weighted by molar-refractivity contribution is 6.22. The number of nitrogens with zero attached hydrogens (tertiary/aromatic N) is 4. The molecule has 13 aromatic rings. The number of benzene rings is 10. The van der Waals surface area contributed by atoms with E-state index in [-0.39, 0.29) is 0 Å². The molecule has 13 rings (SSSR count). The Kier molecular flexibility index (Phi) is 8.78. The van der Waals surface area contributed by atoms with E-state index in [4.69, 9.17) is 19.4 Å². The van der Waals surface area contributed by atoms with Crippen molar-refractivity contribution < 1.29 is 4.42 Å². The van der Waals surface area contributed by atoms with Crippen molar-refractivity contribution in [3.05, 3.63) is 231 Å². The van der Waals surface area contributed by atoms with E-state index >= 15 is 0 Å². The van der Waals surface area contributed by atoms with Gasteiger partial charge in [0.2, 0.25) is 0 Å². The average molecular weight is 843 g/mol. The summed E-state index contributed by atoms with van der Waals surface area (Å²) in [5.41, 5.74) is 14.8. The van der Waals surface area contributed by atoms with Crippen LogP contribution in [0.15, 0.2) is 235 Å². The first-order valence-corrected chi connectivity index (χ1v) is 22.3. The second-order valence-electron chi connectivity index (χ2n) is 16.7. The van der Waals surface area contributed by atoms with Crippen molar-refractivity contribution in [3.63, 3.8) is 0 Å². The summed E-state index contributed by atoms with van der Waals surface area (Å²) in [5, 5.41) is 6.94. The lowest BCUT2D eigenvalue weighted by molar-refractivity contribution is 0.673. The molecule has 3 aromatic heterocycles. The topological polar surface area (TPSA) is 56.7 Å². The molecule has 0 aliphatic carbocycles. The molecule has 3 heterocycles. The molecule has 0 aliphatic heterocycles. The number of hydrogen-bond donors (Lipinski definition) is 0. The first-order valence-electron chi connectivity index (χ1n) is 22.3. The van der Waals surface area contributed by atoms with Gasteiger partial charge in [0.15, 0.2) is 17.5 Å². The molecular weight excluding hydrogens is 805 g/mol. The smallest absolute Gasteiger partial charge is 0.164 e. The third-order valence-corrected chi connectivity index (χ3v) is 12.8. The summed E-state index contributed by atoms with van der Waals surface area (Å²) >= 11 is 0. The van der Waals surface area contributed by atoms with Crippen LogP contribution in [-0.4, -0.2) is 19.5 Å². The summed E-state index contributed by atoms with van der Waals surface area (Å²) in [6, 6.07) is 81.1. The van der Waals surface area contributed by atoms with Crippen molar-refractivity contribution >= 4 is 54.5 Å². The summed E-state index contributed by atoms with van der Waals surface area (Å²) in [7, 11) is 0. The Morgan fingerprint density at radius 2 is 0.788 bits per heavy atom. The Morgan fingerprint density at radius 3 is 1.42 bits per heavy atom. The van der Waals surface area contributed by atoms with Gasteiger partial charge in [-0.3, -0.25) is 0 Å². The molecule has 0 aliphatic rings. The zero-order chi connectivity index (χ0) is 43.6. The van der Waals surface area contributed by atoms with Crippen molar-refractivity contribution in [1.29, 1.82) is 0 Å². The van der Waals surface area contributed by atoms with Gasteiger partial charge >= 0.3 is 0 Å². The molecule has 0 saturated carbocycles. The predicted octanol–water partition coefficient (Wildman–Crippen LogP) is 16.0. The normalized spacial score (nSPS) is 11.6. The Bertz CT molecular complexity index is 3870. The van der Waals surface area contributed by atoms with Gasteiger partial charge in [-0.2, -0.15) is 0 Å². The monoisotopic (exact) mass is 842 g/mol. The van der Waals surface area contributed by atoms with Gasteiger partial charge in [0.05, 0.1) is 11.0 Å². The first kappa shape index (κ1) is 37.6. The van der Waals surface area contributed by atoms with Gasteiger partial charge in [-0.05, 0) is 87.3 Å². The Balaban J connectivity index is 0.913. The molecule has 308 valence electrons. The lowest BCUT2D eigenvalue weighted by Crippen LogP contribution is -2.00. The predicted molar refractivity (Wildman–Crippen MR) is 272 cm³/mol. The average Bonchev–Trinajstić information content (AvgIpc) is 3.95. The maximum atomic E-state index is 6.81. The van der Waals surface area contributed by atoms with E-state index in [0.29, 0.717) is 17.5 Å². The van der Waals surface area contributed by atoms with E-state index < -0.39 is 0 Å². The lowest BCUT2D eigenvalue weighted by atomic mass is 9.92. The third-order valence-electron chi connectivity index (χ3n) is 12.8. The minimum atomic E-state index is 0.625. The van der Waals surface area contributed by atoms with Crippen LogP contribution in [0.2, 0.25) is 0 Å². The molecule has 5 nitrogen and oxygen atoms in total. The number of para-hydroxylation sites is 2. The fourth-order valence-corrected chi connectivity index (χ4v) is 9.76. The molecule has 5 heteroatoms. The second-order valence-corrected chi connectivity index (χ2v) is 16.7. The first-order chi connectivity index (χ1) is 32.7. The minimum Gasteiger partial charge on any atom is -0.455 e. The van der Waals surface area contributed by atoms with E-state index in [1.807, 2.05) is 60.7 Å². The van der Waals surface area contributed by atoms with E-state index in [1.165, 1.54) is 27.4 Å². The van der Waals surface area contributed by atoms with E-state index in [2.05, 4.69) is 174 Å². The van der Waals surface area contributed by atoms with Gasteiger partial charge in [0, 0.05) is 49.3 Å². The fraction of sp³-hybridized carbons (Fsp3) is 0. The van der Waals surface area contributed by atoms with E-state index in [9.17, 15) is 0 Å². The largest absolute Gasteiger partial charge is 0.455 e. The summed E-state index contributed by atoms with van der Waals surface area (Å²) in [5.74, 6) is 1.90. The minimum absolute atomic E-state index is 0.625. The van der Waals surface area contributed by atoms with Gasteiger partial charge in [0.25, 0.3) is 0 Å². The highest BCUT2D eigenvalue weighted by Crippen LogP contribution is 2.44.